The molecule has 0 aliphatic rings. The van der Waals surface area contributed by atoms with Crippen LogP contribution in [0.3, 0.4) is 0 Å². The lowest BCUT2D eigenvalue weighted by atomic mass is 9.99. The molecule has 1 aromatic carbocycles. The van der Waals surface area contributed by atoms with Crippen molar-refractivity contribution in [1.82, 2.24) is 0 Å². The van der Waals surface area contributed by atoms with Gasteiger partial charge in [0.25, 0.3) is 0 Å². The number of rotatable bonds is 6. The summed E-state index contributed by atoms with van der Waals surface area (Å²) < 4.78 is 0. The molecule has 0 radical (unpaired) electrons. The van der Waals surface area contributed by atoms with E-state index in [9.17, 15) is 15.0 Å². The molecule has 0 heterocycles. The molecule has 3 unspecified atom stereocenters. The molecule has 0 bridgehead atoms. The van der Waals surface area contributed by atoms with Crippen LogP contribution in [0.15, 0.2) is 30.3 Å². The largest absolute Gasteiger partial charge is 0.394 e. The van der Waals surface area contributed by atoms with Crippen LogP contribution in [-0.2, 0) is 11.2 Å². The maximum absolute atomic E-state index is 11.6. The highest BCUT2D eigenvalue weighted by molar-refractivity contribution is 5.85. The van der Waals surface area contributed by atoms with E-state index < -0.39 is 30.7 Å². The molecule has 0 saturated carbocycles. The molecule has 17 heavy (non-hydrogen) atoms. The van der Waals surface area contributed by atoms with Crippen molar-refractivity contribution >= 4 is 5.78 Å². The predicted octanol–water partition coefficient (Wildman–Crippen LogP) is -1.13. The van der Waals surface area contributed by atoms with Crippen molar-refractivity contribution < 1.29 is 25.2 Å². The third-order valence-electron chi connectivity index (χ3n) is 2.46. The van der Waals surface area contributed by atoms with E-state index >= 15 is 0 Å². The first-order valence-corrected chi connectivity index (χ1v) is 5.28. The van der Waals surface area contributed by atoms with Crippen molar-refractivity contribution in [3.05, 3.63) is 35.9 Å². The topological polar surface area (TPSA) is 98.0 Å². The number of ketones is 1. The van der Waals surface area contributed by atoms with E-state index in [-0.39, 0.29) is 6.42 Å². The van der Waals surface area contributed by atoms with Crippen LogP contribution in [0.4, 0.5) is 0 Å². The summed E-state index contributed by atoms with van der Waals surface area (Å²) in [7, 11) is 0. The minimum absolute atomic E-state index is 0.0305. The summed E-state index contributed by atoms with van der Waals surface area (Å²) in [4.78, 5) is 11.6. The third-order valence-corrected chi connectivity index (χ3v) is 2.46. The normalized spacial score (nSPS) is 16.2. The number of hydrogen-bond donors (Lipinski definition) is 4. The Morgan fingerprint density at radius 3 is 2.24 bits per heavy atom. The summed E-state index contributed by atoms with van der Waals surface area (Å²) in [6.07, 6.45) is -4.92. The second-order valence-electron chi connectivity index (χ2n) is 3.81. The van der Waals surface area contributed by atoms with Crippen LogP contribution in [0, 0.1) is 0 Å². The molecule has 0 saturated heterocycles. The Kier molecular flexibility index (Phi) is 5.24. The first kappa shape index (κ1) is 13.8. The zero-order valence-corrected chi connectivity index (χ0v) is 9.23. The predicted molar refractivity (Wildman–Crippen MR) is 60.3 cm³/mol. The molecule has 5 heteroatoms. The smallest absolute Gasteiger partial charge is 0.168 e. The van der Waals surface area contributed by atoms with Crippen molar-refractivity contribution in [2.45, 2.75) is 24.7 Å². The molecular formula is C12H16O5. The monoisotopic (exact) mass is 240 g/mol. The Morgan fingerprint density at radius 1 is 1.12 bits per heavy atom. The van der Waals surface area contributed by atoms with Gasteiger partial charge >= 0.3 is 0 Å². The van der Waals surface area contributed by atoms with Crippen LogP contribution >= 0.6 is 0 Å². The van der Waals surface area contributed by atoms with E-state index in [0.717, 1.165) is 0 Å². The van der Waals surface area contributed by atoms with E-state index in [2.05, 4.69) is 0 Å². The van der Waals surface area contributed by atoms with Gasteiger partial charge in [-0.1, -0.05) is 30.3 Å². The number of carbonyl (C=O) groups is 1. The number of aliphatic hydroxyl groups is 4. The van der Waals surface area contributed by atoms with Crippen molar-refractivity contribution in [1.29, 1.82) is 0 Å². The lowest BCUT2D eigenvalue weighted by molar-refractivity contribution is -0.139. The molecule has 1 aromatic rings. The number of hydrogen-bond acceptors (Lipinski definition) is 5. The Morgan fingerprint density at radius 2 is 1.71 bits per heavy atom. The standard InChI is InChI=1S/C12H16O5/c13-7-10(15)12(17)11(16)9(14)6-8-4-2-1-3-5-8/h1-5,10-13,15-17H,6-7H2. The Bertz CT molecular complexity index is 351. The summed E-state index contributed by atoms with van der Waals surface area (Å²) in [5.74, 6) is -0.601. The quantitative estimate of drug-likeness (QED) is 0.504. The van der Waals surface area contributed by atoms with E-state index in [4.69, 9.17) is 10.2 Å². The second-order valence-corrected chi connectivity index (χ2v) is 3.81. The highest BCUT2D eigenvalue weighted by Crippen LogP contribution is 2.07. The first-order chi connectivity index (χ1) is 8.06. The van der Waals surface area contributed by atoms with Crippen LogP contribution in [-0.4, -0.2) is 51.1 Å². The molecular weight excluding hydrogens is 224 g/mol. The van der Waals surface area contributed by atoms with Crippen LogP contribution in [0.5, 0.6) is 0 Å². The SMILES string of the molecule is O=C(Cc1ccccc1)C(O)C(O)C(O)CO. The zero-order chi connectivity index (χ0) is 12.8. The molecule has 5 nitrogen and oxygen atoms in total. The Hall–Kier alpha value is -1.27. The summed E-state index contributed by atoms with van der Waals surface area (Å²) in [6.45, 7) is -0.711. The molecule has 1 rings (SSSR count). The van der Waals surface area contributed by atoms with Gasteiger partial charge in [0.05, 0.1) is 6.61 Å². The van der Waals surface area contributed by atoms with Gasteiger partial charge in [0.15, 0.2) is 5.78 Å². The number of benzene rings is 1. The molecule has 0 aromatic heterocycles. The van der Waals surface area contributed by atoms with Crippen molar-refractivity contribution in [2.24, 2.45) is 0 Å². The Labute approximate surface area is 99.0 Å². The van der Waals surface area contributed by atoms with Crippen molar-refractivity contribution in [3.63, 3.8) is 0 Å². The highest BCUT2D eigenvalue weighted by atomic mass is 16.4. The molecule has 94 valence electrons. The average molecular weight is 240 g/mol. The fourth-order valence-corrected chi connectivity index (χ4v) is 1.41. The van der Waals surface area contributed by atoms with Crippen molar-refractivity contribution in [2.75, 3.05) is 6.61 Å². The van der Waals surface area contributed by atoms with Gasteiger partial charge in [-0.05, 0) is 5.56 Å². The number of aliphatic hydroxyl groups excluding tert-OH is 4. The van der Waals surface area contributed by atoms with Crippen molar-refractivity contribution in [3.8, 4) is 0 Å². The van der Waals surface area contributed by atoms with E-state index in [1.165, 1.54) is 0 Å². The second kappa shape index (κ2) is 6.46. The van der Waals surface area contributed by atoms with Gasteiger partial charge in [0, 0.05) is 6.42 Å². The lowest BCUT2D eigenvalue weighted by Gasteiger charge is -2.20. The molecule has 4 N–H and O–H groups in total. The molecule has 0 spiro atoms. The van der Waals surface area contributed by atoms with E-state index in [1.807, 2.05) is 0 Å². The van der Waals surface area contributed by atoms with Crippen LogP contribution in [0.1, 0.15) is 5.56 Å². The van der Waals surface area contributed by atoms with Gasteiger partial charge in [-0.3, -0.25) is 4.79 Å². The fourth-order valence-electron chi connectivity index (χ4n) is 1.41. The maximum Gasteiger partial charge on any atom is 0.168 e. The minimum atomic E-state index is -1.70. The van der Waals surface area contributed by atoms with E-state index in [0.29, 0.717) is 5.56 Å². The Balaban J connectivity index is 2.59. The van der Waals surface area contributed by atoms with Gasteiger partial charge in [0.2, 0.25) is 0 Å². The van der Waals surface area contributed by atoms with Crippen LogP contribution < -0.4 is 0 Å². The van der Waals surface area contributed by atoms with Gasteiger partial charge in [0.1, 0.15) is 18.3 Å². The molecule has 0 amide bonds. The van der Waals surface area contributed by atoms with Gasteiger partial charge < -0.3 is 20.4 Å². The fraction of sp³-hybridized carbons (Fsp3) is 0.417. The summed E-state index contributed by atoms with van der Waals surface area (Å²) >= 11 is 0. The highest BCUT2D eigenvalue weighted by Gasteiger charge is 2.29. The van der Waals surface area contributed by atoms with E-state index in [1.54, 1.807) is 30.3 Å². The average Bonchev–Trinajstić information content (AvgIpc) is 2.37. The summed E-state index contributed by atoms with van der Waals surface area (Å²) in [5, 5.41) is 36.5. The molecule has 3 atom stereocenters. The van der Waals surface area contributed by atoms with Crippen LogP contribution in [0.2, 0.25) is 0 Å². The number of carbonyl (C=O) groups excluding carboxylic acids is 1. The maximum atomic E-state index is 11.6. The minimum Gasteiger partial charge on any atom is -0.394 e. The molecule has 0 aliphatic carbocycles. The van der Waals surface area contributed by atoms with Gasteiger partial charge in [-0.25, -0.2) is 0 Å². The molecule has 0 fully saturated rings. The van der Waals surface area contributed by atoms with Gasteiger partial charge in [-0.15, -0.1) is 0 Å². The van der Waals surface area contributed by atoms with Gasteiger partial charge in [-0.2, -0.15) is 0 Å². The summed E-state index contributed by atoms with van der Waals surface area (Å²) in [6, 6.07) is 8.76. The lowest BCUT2D eigenvalue weighted by Crippen LogP contribution is -2.44. The summed E-state index contributed by atoms with van der Waals surface area (Å²) in [5.41, 5.74) is 0.710. The first-order valence-electron chi connectivity index (χ1n) is 5.28. The zero-order valence-electron chi connectivity index (χ0n) is 9.23. The number of Topliss-reactive ketones (excluding diaryl/α,β-unsaturated/α-hetero) is 1. The van der Waals surface area contributed by atoms with Crippen LogP contribution in [0.25, 0.3) is 0 Å². The third kappa shape index (κ3) is 3.90. The molecule has 0 aliphatic heterocycles.